The first kappa shape index (κ1) is 19.0. The Labute approximate surface area is 185 Å². The lowest BCUT2D eigenvalue weighted by atomic mass is 10.0. The molecule has 0 unspecified atom stereocenters. The Bertz CT molecular complexity index is 1290. The number of aliphatic imine (C=N–C) groups is 1. The van der Waals surface area contributed by atoms with Gasteiger partial charge < -0.3 is 19.2 Å². The third-order valence-corrected chi connectivity index (χ3v) is 5.89. The highest BCUT2D eigenvalue weighted by molar-refractivity contribution is 5.86. The van der Waals surface area contributed by atoms with Crippen LogP contribution in [0.1, 0.15) is 24.0 Å². The molecule has 1 fully saturated rings. The second-order valence-electron chi connectivity index (χ2n) is 8.10. The first-order chi connectivity index (χ1) is 15.8. The summed E-state index contributed by atoms with van der Waals surface area (Å²) in [5, 5.41) is 3.43. The van der Waals surface area contributed by atoms with Gasteiger partial charge in [0.25, 0.3) is 0 Å². The number of aromatic nitrogens is 3. The lowest BCUT2D eigenvalue weighted by Crippen LogP contribution is -2.25. The average molecular weight is 425 g/mol. The normalized spacial score (nSPS) is 15.8. The SMILES string of the molecule is C1=NCc2cc(-c3cn4ccnc4c(Nc4ccc(OC5CCOCC5)cc4)n3)ccc21. The molecule has 2 aromatic carbocycles. The summed E-state index contributed by atoms with van der Waals surface area (Å²) in [5.41, 5.74) is 6.06. The van der Waals surface area contributed by atoms with E-state index in [1.54, 1.807) is 6.20 Å². The number of nitrogens with zero attached hydrogens (tertiary/aromatic N) is 4. The summed E-state index contributed by atoms with van der Waals surface area (Å²) in [5.74, 6) is 1.58. The van der Waals surface area contributed by atoms with Crippen molar-refractivity contribution in [3.63, 3.8) is 0 Å². The molecular formula is C25H23N5O2. The molecule has 0 radical (unpaired) electrons. The van der Waals surface area contributed by atoms with Gasteiger partial charge in [0.15, 0.2) is 11.5 Å². The van der Waals surface area contributed by atoms with Gasteiger partial charge >= 0.3 is 0 Å². The topological polar surface area (TPSA) is 73.0 Å². The van der Waals surface area contributed by atoms with Crippen molar-refractivity contribution in [3.05, 3.63) is 72.2 Å². The van der Waals surface area contributed by atoms with E-state index in [1.807, 2.05) is 47.3 Å². The molecule has 7 heteroatoms. The van der Waals surface area contributed by atoms with Crippen LogP contribution in [0, 0.1) is 0 Å². The molecule has 4 aromatic rings. The minimum Gasteiger partial charge on any atom is -0.490 e. The molecule has 2 aliphatic rings. The Morgan fingerprint density at radius 2 is 1.94 bits per heavy atom. The summed E-state index contributed by atoms with van der Waals surface area (Å²) in [6.07, 6.45) is 9.75. The summed E-state index contributed by atoms with van der Waals surface area (Å²) in [6.45, 7) is 2.26. The highest BCUT2D eigenvalue weighted by atomic mass is 16.5. The number of fused-ring (bicyclic) bond motifs is 2. The van der Waals surface area contributed by atoms with Crippen molar-refractivity contribution in [2.24, 2.45) is 4.99 Å². The number of anilines is 2. The molecule has 1 N–H and O–H groups in total. The first-order valence-corrected chi connectivity index (χ1v) is 10.9. The van der Waals surface area contributed by atoms with Crippen LogP contribution in [0.5, 0.6) is 5.75 Å². The zero-order chi connectivity index (χ0) is 21.3. The Morgan fingerprint density at radius 3 is 2.81 bits per heavy atom. The number of benzene rings is 2. The maximum absolute atomic E-state index is 6.08. The molecule has 0 amide bonds. The number of imidazole rings is 1. The zero-order valence-corrected chi connectivity index (χ0v) is 17.6. The summed E-state index contributed by atoms with van der Waals surface area (Å²) in [6, 6.07) is 14.4. The average Bonchev–Trinajstić information content (AvgIpc) is 3.50. The predicted molar refractivity (Wildman–Crippen MR) is 124 cm³/mol. The van der Waals surface area contributed by atoms with Gasteiger partial charge in [0, 0.05) is 48.9 Å². The minimum absolute atomic E-state index is 0.225. The largest absolute Gasteiger partial charge is 0.490 e. The van der Waals surface area contributed by atoms with Crippen LogP contribution in [-0.2, 0) is 11.3 Å². The van der Waals surface area contributed by atoms with Crippen molar-refractivity contribution in [2.45, 2.75) is 25.5 Å². The lowest BCUT2D eigenvalue weighted by Gasteiger charge is -2.23. The molecule has 0 aliphatic carbocycles. The van der Waals surface area contributed by atoms with Gasteiger partial charge in [-0.15, -0.1) is 0 Å². The molecule has 160 valence electrons. The molecule has 4 heterocycles. The van der Waals surface area contributed by atoms with Crippen LogP contribution in [-0.4, -0.2) is 39.9 Å². The Hall–Kier alpha value is -3.71. The van der Waals surface area contributed by atoms with E-state index in [0.29, 0.717) is 5.82 Å². The molecule has 0 spiro atoms. The second-order valence-corrected chi connectivity index (χ2v) is 8.10. The molecule has 0 bridgehead atoms. The predicted octanol–water partition coefficient (Wildman–Crippen LogP) is 4.63. The quantitative estimate of drug-likeness (QED) is 0.505. The third kappa shape index (κ3) is 3.71. The van der Waals surface area contributed by atoms with Crippen LogP contribution in [0.15, 0.2) is 66.0 Å². The Kier molecular flexibility index (Phi) is 4.81. The van der Waals surface area contributed by atoms with E-state index in [4.69, 9.17) is 14.5 Å². The Morgan fingerprint density at radius 1 is 1.06 bits per heavy atom. The first-order valence-electron chi connectivity index (χ1n) is 10.9. The minimum atomic E-state index is 0.225. The van der Waals surface area contributed by atoms with E-state index in [-0.39, 0.29) is 6.10 Å². The molecule has 32 heavy (non-hydrogen) atoms. The van der Waals surface area contributed by atoms with Crippen LogP contribution in [0.3, 0.4) is 0 Å². The number of ether oxygens (including phenoxy) is 2. The van der Waals surface area contributed by atoms with Gasteiger partial charge in [0.05, 0.1) is 25.5 Å². The van der Waals surface area contributed by atoms with E-state index in [9.17, 15) is 0 Å². The fourth-order valence-corrected chi connectivity index (χ4v) is 4.16. The highest BCUT2D eigenvalue weighted by Crippen LogP contribution is 2.28. The number of nitrogens with one attached hydrogen (secondary N) is 1. The second kappa shape index (κ2) is 8.09. The van der Waals surface area contributed by atoms with Gasteiger partial charge in [0.1, 0.15) is 11.9 Å². The van der Waals surface area contributed by atoms with Crippen LogP contribution < -0.4 is 10.1 Å². The van der Waals surface area contributed by atoms with Crippen LogP contribution >= 0.6 is 0 Å². The van der Waals surface area contributed by atoms with Crippen molar-refractivity contribution in [1.29, 1.82) is 0 Å². The fraction of sp³-hybridized carbons (Fsp3) is 0.240. The van der Waals surface area contributed by atoms with Gasteiger partial charge in [-0.3, -0.25) is 4.99 Å². The summed E-state index contributed by atoms with van der Waals surface area (Å²) in [7, 11) is 0. The molecular weight excluding hydrogens is 402 g/mol. The van der Waals surface area contributed by atoms with Crippen LogP contribution in [0.4, 0.5) is 11.5 Å². The summed E-state index contributed by atoms with van der Waals surface area (Å²) >= 11 is 0. The van der Waals surface area contributed by atoms with E-state index in [0.717, 1.165) is 60.9 Å². The molecule has 2 aliphatic heterocycles. The fourth-order valence-electron chi connectivity index (χ4n) is 4.16. The van der Waals surface area contributed by atoms with E-state index in [1.165, 1.54) is 11.1 Å². The van der Waals surface area contributed by atoms with E-state index < -0.39 is 0 Å². The third-order valence-electron chi connectivity index (χ3n) is 5.89. The molecule has 0 atom stereocenters. The van der Waals surface area contributed by atoms with E-state index in [2.05, 4.69) is 33.5 Å². The van der Waals surface area contributed by atoms with Crippen molar-refractivity contribution in [1.82, 2.24) is 14.4 Å². The summed E-state index contributed by atoms with van der Waals surface area (Å²) < 4.78 is 13.5. The number of hydrogen-bond acceptors (Lipinski definition) is 6. The maximum Gasteiger partial charge on any atom is 0.180 e. The Balaban J connectivity index is 1.27. The molecule has 6 rings (SSSR count). The maximum atomic E-state index is 6.08. The van der Waals surface area contributed by atoms with Crippen molar-refractivity contribution in [3.8, 4) is 17.0 Å². The van der Waals surface area contributed by atoms with Gasteiger partial charge in [-0.25, -0.2) is 9.97 Å². The van der Waals surface area contributed by atoms with E-state index >= 15 is 0 Å². The molecule has 2 aromatic heterocycles. The zero-order valence-electron chi connectivity index (χ0n) is 17.6. The summed E-state index contributed by atoms with van der Waals surface area (Å²) in [4.78, 5) is 13.7. The van der Waals surface area contributed by atoms with Crippen molar-refractivity contribution in [2.75, 3.05) is 18.5 Å². The monoisotopic (exact) mass is 425 g/mol. The number of hydrogen-bond donors (Lipinski definition) is 1. The van der Waals surface area contributed by atoms with Crippen LogP contribution in [0.2, 0.25) is 0 Å². The smallest absolute Gasteiger partial charge is 0.180 e. The van der Waals surface area contributed by atoms with Gasteiger partial charge in [-0.1, -0.05) is 12.1 Å². The number of rotatable bonds is 5. The standard InChI is InChI=1S/C25H23N5O2/c1-2-18-14-26-15-19(18)13-17(1)23-16-30-10-9-27-25(30)24(29-23)28-20-3-5-21(6-4-20)32-22-7-11-31-12-8-22/h1-6,9-10,13-14,16,22H,7-8,11-12,15H2,(H,28,29). The van der Waals surface area contributed by atoms with Crippen molar-refractivity contribution >= 4 is 23.4 Å². The molecule has 1 saturated heterocycles. The lowest BCUT2D eigenvalue weighted by molar-refractivity contribution is 0.0256. The molecule has 7 nitrogen and oxygen atoms in total. The van der Waals surface area contributed by atoms with Gasteiger partial charge in [0.2, 0.25) is 0 Å². The van der Waals surface area contributed by atoms with Crippen LogP contribution in [0.25, 0.3) is 16.9 Å². The highest BCUT2D eigenvalue weighted by Gasteiger charge is 2.16. The van der Waals surface area contributed by atoms with Gasteiger partial charge in [-0.05, 0) is 41.5 Å². The van der Waals surface area contributed by atoms with Gasteiger partial charge in [-0.2, -0.15) is 0 Å². The molecule has 0 saturated carbocycles. The van der Waals surface area contributed by atoms with Crippen molar-refractivity contribution < 1.29 is 9.47 Å².